The molecule has 0 aromatic carbocycles. The Bertz CT molecular complexity index is 339. The molecular formula is C17H33N3O. The third-order valence-electron chi connectivity index (χ3n) is 4.97. The minimum atomic E-state index is 0.0379. The summed E-state index contributed by atoms with van der Waals surface area (Å²) in [6, 6.07) is 0.508. The fourth-order valence-electron chi connectivity index (χ4n) is 3.72. The molecule has 2 aliphatic heterocycles. The number of carbonyl (C=O) groups excluding carboxylic acids is 1. The van der Waals surface area contributed by atoms with Crippen LogP contribution in [0, 0.1) is 5.92 Å². The van der Waals surface area contributed by atoms with Gasteiger partial charge in [-0.1, -0.05) is 33.6 Å². The summed E-state index contributed by atoms with van der Waals surface area (Å²) in [6.45, 7) is 12.1. The molecule has 3 atom stereocenters. The number of nitrogens with zero attached hydrogens (tertiary/aromatic N) is 2. The van der Waals surface area contributed by atoms with E-state index in [2.05, 4.69) is 42.8 Å². The second kappa shape index (κ2) is 7.59. The Balaban J connectivity index is 1.99. The van der Waals surface area contributed by atoms with Gasteiger partial charge in [0.2, 0.25) is 5.91 Å². The number of likely N-dealkylation sites (tertiary alicyclic amines) is 1. The average Bonchev–Trinajstić information content (AvgIpc) is 2.78. The lowest BCUT2D eigenvalue weighted by Crippen LogP contribution is -2.49. The molecule has 0 aromatic rings. The Morgan fingerprint density at radius 3 is 2.43 bits per heavy atom. The van der Waals surface area contributed by atoms with E-state index in [-0.39, 0.29) is 12.2 Å². The Kier molecular flexibility index (Phi) is 6.06. The first kappa shape index (κ1) is 16.8. The van der Waals surface area contributed by atoms with Crippen LogP contribution in [0.15, 0.2) is 0 Å². The van der Waals surface area contributed by atoms with E-state index >= 15 is 0 Å². The molecule has 0 aromatic heterocycles. The Morgan fingerprint density at radius 2 is 1.86 bits per heavy atom. The molecule has 2 fully saturated rings. The smallest absolute Gasteiger partial charge is 0.241 e. The lowest BCUT2D eigenvalue weighted by atomic mass is 10.1. The average molecular weight is 295 g/mol. The minimum absolute atomic E-state index is 0.0379. The number of carbonyl (C=O) groups is 1. The van der Waals surface area contributed by atoms with E-state index in [0.717, 1.165) is 19.4 Å². The molecule has 2 rings (SSSR count). The lowest BCUT2D eigenvalue weighted by molar-refractivity contribution is -0.131. The zero-order valence-electron chi connectivity index (χ0n) is 14.3. The monoisotopic (exact) mass is 295 g/mol. The van der Waals surface area contributed by atoms with E-state index in [0.29, 0.717) is 17.9 Å². The molecule has 0 spiro atoms. The van der Waals surface area contributed by atoms with Crippen LogP contribution in [0.3, 0.4) is 0 Å². The summed E-state index contributed by atoms with van der Waals surface area (Å²) in [4.78, 5) is 17.3. The highest BCUT2D eigenvalue weighted by molar-refractivity contribution is 5.84. The summed E-state index contributed by atoms with van der Waals surface area (Å²) in [6.07, 6.45) is 6.20. The van der Waals surface area contributed by atoms with Crippen LogP contribution in [0.5, 0.6) is 0 Å². The van der Waals surface area contributed by atoms with Crippen LogP contribution in [0.1, 0.15) is 59.8 Å². The third kappa shape index (κ3) is 3.98. The van der Waals surface area contributed by atoms with Crippen molar-refractivity contribution in [3.8, 4) is 0 Å². The summed E-state index contributed by atoms with van der Waals surface area (Å²) in [7, 11) is 0. The van der Waals surface area contributed by atoms with Crippen LogP contribution < -0.4 is 5.32 Å². The zero-order chi connectivity index (χ0) is 15.4. The molecule has 122 valence electrons. The number of amides is 1. The second-order valence-corrected chi connectivity index (χ2v) is 7.13. The van der Waals surface area contributed by atoms with Gasteiger partial charge in [-0.3, -0.25) is 15.0 Å². The van der Waals surface area contributed by atoms with Crippen molar-refractivity contribution in [2.24, 2.45) is 5.92 Å². The number of hydrogen-bond donors (Lipinski definition) is 1. The summed E-state index contributed by atoms with van der Waals surface area (Å²) in [5.41, 5.74) is 0. The Hall–Kier alpha value is -0.610. The van der Waals surface area contributed by atoms with Crippen molar-refractivity contribution in [1.82, 2.24) is 15.1 Å². The summed E-state index contributed by atoms with van der Waals surface area (Å²) >= 11 is 0. The molecular weight excluding hydrogens is 262 g/mol. The van der Waals surface area contributed by atoms with Crippen molar-refractivity contribution in [3.05, 3.63) is 0 Å². The van der Waals surface area contributed by atoms with E-state index in [4.69, 9.17) is 0 Å². The van der Waals surface area contributed by atoms with Crippen LogP contribution in [0.2, 0.25) is 0 Å². The number of hydrogen-bond acceptors (Lipinski definition) is 3. The maximum absolute atomic E-state index is 12.7. The molecule has 2 saturated heterocycles. The maximum atomic E-state index is 12.7. The molecule has 1 N–H and O–H groups in total. The second-order valence-electron chi connectivity index (χ2n) is 7.13. The lowest BCUT2D eigenvalue weighted by Gasteiger charge is -2.36. The topological polar surface area (TPSA) is 35.6 Å². The van der Waals surface area contributed by atoms with Gasteiger partial charge in [-0.2, -0.15) is 0 Å². The van der Waals surface area contributed by atoms with Crippen LogP contribution in [0.4, 0.5) is 0 Å². The first-order valence-corrected chi connectivity index (χ1v) is 8.85. The fourth-order valence-corrected chi connectivity index (χ4v) is 3.72. The van der Waals surface area contributed by atoms with Crippen molar-refractivity contribution < 1.29 is 4.79 Å². The van der Waals surface area contributed by atoms with Gasteiger partial charge < -0.3 is 4.90 Å². The van der Waals surface area contributed by atoms with Gasteiger partial charge in [-0.25, -0.2) is 0 Å². The summed E-state index contributed by atoms with van der Waals surface area (Å²) in [5.74, 6) is 0.781. The van der Waals surface area contributed by atoms with Gasteiger partial charge in [0.25, 0.3) is 0 Å². The van der Waals surface area contributed by atoms with Gasteiger partial charge in [0.15, 0.2) is 0 Å². The van der Waals surface area contributed by atoms with Gasteiger partial charge in [-0.05, 0) is 45.2 Å². The van der Waals surface area contributed by atoms with Crippen LogP contribution in [-0.4, -0.2) is 53.6 Å². The fraction of sp³-hybridized carbons (Fsp3) is 0.941. The zero-order valence-corrected chi connectivity index (χ0v) is 14.3. The minimum Gasteiger partial charge on any atom is -0.324 e. The van der Waals surface area contributed by atoms with Crippen LogP contribution in [0.25, 0.3) is 0 Å². The van der Waals surface area contributed by atoms with E-state index < -0.39 is 0 Å². The van der Waals surface area contributed by atoms with Gasteiger partial charge >= 0.3 is 0 Å². The molecule has 0 radical (unpaired) electrons. The highest BCUT2D eigenvalue weighted by atomic mass is 16.2. The standard InChI is InChI=1S/C17H33N3O/c1-5-9-15-17(21)20(16(18-15)13(2)3)12-14(4)19-10-7-6-8-11-19/h13-16,18H,5-12H2,1-4H3. The number of nitrogens with one attached hydrogen (secondary N) is 1. The largest absolute Gasteiger partial charge is 0.324 e. The van der Waals surface area contributed by atoms with Gasteiger partial charge in [0.1, 0.15) is 0 Å². The molecule has 4 heteroatoms. The van der Waals surface area contributed by atoms with Crippen molar-refractivity contribution in [2.45, 2.75) is 78.0 Å². The summed E-state index contributed by atoms with van der Waals surface area (Å²) < 4.78 is 0. The molecule has 0 aliphatic carbocycles. The maximum Gasteiger partial charge on any atom is 0.241 e. The molecule has 21 heavy (non-hydrogen) atoms. The summed E-state index contributed by atoms with van der Waals surface area (Å²) in [5, 5.41) is 3.56. The first-order chi connectivity index (χ1) is 10.0. The predicted octanol–water partition coefficient (Wildman–Crippen LogP) is 2.44. The highest BCUT2D eigenvalue weighted by Gasteiger charge is 2.40. The SMILES string of the molecule is CCCC1NC(C(C)C)N(CC(C)N2CCCCC2)C1=O. The predicted molar refractivity (Wildman–Crippen MR) is 87.1 cm³/mol. The van der Waals surface area contributed by atoms with E-state index in [1.165, 1.54) is 32.4 Å². The van der Waals surface area contributed by atoms with Gasteiger partial charge in [0.05, 0.1) is 12.2 Å². The van der Waals surface area contributed by atoms with Crippen molar-refractivity contribution in [2.75, 3.05) is 19.6 Å². The molecule has 2 heterocycles. The first-order valence-electron chi connectivity index (χ1n) is 8.85. The van der Waals surface area contributed by atoms with Crippen LogP contribution >= 0.6 is 0 Å². The normalized spacial score (nSPS) is 29.4. The van der Waals surface area contributed by atoms with Gasteiger partial charge in [-0.15, -0.1) is 0 Å². The van der Waals surface area contributed by atoms with E-state index in [1.54, 1.807) is 0 Å². The highest BCUT2D eigenvalue weighted by Crippen LogP contribution is 2.22. The van der Waals surface area contributed by atoms with Crippen molar-refractivity contribution in [1.29, 1.82) is 0 Å². The molecule has 0 saturated carbocycles. The van der Waals surface area contributed by atoms with E-state index in [9.17, 15) is 4.79 Å². The van der Waals surface area contributed by atoms with Gasteiger partial charge in [0, 0.05) is 12.6 Å². The van der Waals surface area contributed by atoms with Crippen molar-refractivity contribution >= 4 is 5.91 Å². The molecule has 3 unspecified atom stereocenters. The quantitative estimate of drug-likeness (QED) is 0.817. The Morgan fingerprint density at radius 1 is 1.19 bits per heavy atom. The Labute approximate surface area is 130 Å². The van der Waals surface area contributed by atoms with E-state index in [1.807, 2.05) is 0 Å². The molecule has 2 aliphatic rings. The number of piperidine rings is 1. The molecule has 1 amide bonds. The van der Waals surface area contributed by atoms with Crippen molar-refractivity contribution in [3.63, 3.8) is 0 Å². The molecule has 4 nitrogen and oxygen atoms in total. The third-order valence-corrected chi connectivity index (χ3v) is 4.97. The molecule has 0 bridgehead atoms. The number of rotatable bonds is 6. The van der Waals surface area contributed by atoms with Crippen LogP contribution in [-0.2, 0) is 4.79 Å².